The number of nitrogens with one attached hydrogen (secondary N) is 1. The molecule has 1 amide bonds. The van der Waals surface area contributed by atoms with E-state index in [2.05, 4.69) is 10.2 Å². The van der Waals surface area contributed by atoms with Crippen LogP contribution in [0.25, 0.3) is 0 Å². The summed E-state index contributed by atoms with van der Waals surface area (Å²) in [5.74, 6) is 0.344. The van der Waals surface area contributed by atoms with Crippen LogP contribution < -0.4 is 5.32 Å². The van der Waals surface area contributed by atoms with Gasteiger partial charge < -0.3 is 15.0 Å². The van der Waals surface area contributed by atoms with Crippen molar-refractivity contribution >= 4 is 5.91 Å². The number of hydrogen-bond acceptors (Lipinski definition) is 4. The molecule has 1 N–H and O–H groups in total. The first kappa shape index (κ1) is 13.3. The number of piperazine rings is 1. The van der Waals surface area contributed by atoms with Crippen molar-refractivity contribution in [2.75, 3.05) is 45.9 Å². The van der Waals surface area contributed by atoms with Crippen LogP contribution in [0.15, 0.2) is 0 Å². The average molecular weight is 267 g/mol. The predicted molar refractivity (Wildman–Crippen MR) is 73.0 cm³/mol. The van der Waals surface area contributed by atoms with E-state index in [0.717, 1.165) is 65.1 Å². The number of carbonyl (C=O) groups is 1. The van der Waals surface area contributed by atoms with Gasteiger partial charge in [0, 0.05) is 39.3 Å². The summed E-state index contributed by atoms with van der Waals surface area (Å²) in [5, 5.41) is 3.30. The lowest BCUT2D eigenvalue weighted by molar-refractivity contribution is -0.137. The second-order valence-electron chi connectivity index (χ2n) is 5.86. The van der Waals surface area contributed by atoms with E-state index in [9.17, 15) is 4.79 Å². The molecule has 0 radical (unpaired) electrons. The maximum absolute atomic E-state index is 12.6. The van der Waals surface area contributed by atoms with Crippen molar-refractivity contribution < 1.29 is 9.53 Å². The van der Waals surface area contributed by atoms with Gasteiger partial charge in [0.25, 0.3) is 0 Å². The second kappa shape index (κ2) is 6.20. The Morgan fingerprint density at radius 2 is 2.00 bits per heavy atom. The Morgan fingerprint density at radius 1 is 1.16 bits per heavy atom. The number of rotatable bonds is 3. The molecule has 0 aromatic heterocycles. The lowest BCUT2D eigenvalue weighted by Gasteiger charge is -2.33. The zero-order valence-corrected chi connectivity index (χ0v) is 11.6. The van der Waals surface area contributed by atoms with Crippen molar-refractivity contribution in [2.24, 2.45) is 0 Å². The van der Waals surface area contributed by atoms with Gasteiger partial charge in [0.2, 0.25) is 5.91 Å². The fourth-order valence-corrected chi connectivity index (χ4v) is 3.47. The monoisotopic (exact) mass is 267 g/mol. The van der Waals surface area contributed by atoms with Gasteiger partial charge in [-0.3, -0.25) is 9.69 Å². The van der Waals surface area contributed by atoms with Gasteiger partial charge >= 0.3 is 0 Å². The van der Waals surface area contributed by atoms with Gasteiger partial charge in [-0.1, -0.05) is 0 Å². The van der Waals surface area contributed by atoms with Crippen molar-refractivity contribution in [3.8, 4) is 0 Å². The number of nitrogens with zero attached hydrogens (tertiary/aromatic N) is 2. The second-order valence-corrected chi connectivity index (χ2v) is 5.86. The largest absolute Gasteiger partial charge is 0.377 e. The Balaban J connectivity index is 1.56. The molecule has 0 aromatic carbocycles. The van der Waals surface area contributed by atoms with Crippen LogP contribution in [0.5, 0.6) is 0 Å². The maximum Gasteiger partial charge on any atom is 0.240 e. The third-order valence-corrected chi connectivity index (χ3v) is 4.54. The number of hydrogen-bond donors (Lipinski definition) is 1. The highest BCUT2D eigenvalue weighted by Crippen LogP contribution is 2.23. The number of likely N-dealkylation sites (tertiary alicyclic amines) is 1. The third-order valence-electron chi connectivity index (χ3n) is 4.54. The van der Waals surface area contributed by atoms with E-state index in [-0.39, 0.29) is 6.04 Å². The van der Waals surface area contributed by atoms with E-state index in [1.165, 1.54) is 6.42 Å². The maximum atomic E-state index is 12.6. The van der Waals surface area contributed by atoms with Gasteiger partial charge in [-0.15, -0.1) is 0 Å². The quantitative estimate of drug-likeness (QED) is 0.785. The first-order valence-electron chi connectivity index (χ1n) is 7.70. The van der Waals surface area contributed by atoms with Crippen LogP contribution in [0, 0.1) is 0 Å². The molecule has 0 saturated carbocycles. The van der Waals surface area contributed by atoms with Crippen LogP contribution in [-0.4, -0.2) is 73.7 Å². The standard InChI is InChI=1S/C14H25N3O2/c18-14(16-8-5-15-6-9-16)13-4-1-7-17(13)11-12-3-2-10-19-12/h12-13,15H,1-11H2. The van der Waals surface area contributed by atoms with Gasteiger partial charge in [-0.05, 0) is 32.2 Å². The number of carbonyl (C=O) groups excluding carboxylic acids is 1. The third kappa shape index (κ3) is 3.09. The zero-order chi connectivity index (χ0) is 13.1. The Bertz CT molecular complexity index is 312. The molecule has 3 rings (SSSR count). The SMILES string of the molecule is O=C(C1CCCN1CC1CCCO1)N1CCNCC1. The molecule has 3 aliphatic heterocycles. The Labute approximate surface area is 115 Å². The highest BCUT2D eigenvalue weighted by atomic mass is 16.5. The van der Waals surface area contributed by atoms with Crippen LogP contribution >= 0.6 is 0 Å². The molecule has 3 fully saturated rings. The van der Waals surface area contributed by atoms with Gasteiger partial charge in [-0.25, -0.2) is 0 Å². The molecule has 3 heterocycles. The molecule has 0 aliphatic carbocycles. The summed E-state index contributed by atoms with van der Waals surface area (Å²) in [6, 6.07) is 0.113. The molecule has 2 unspecified atom stereocenters. The average Bonchev–Trinajstić information content (AvgIpc) is 3.11. The first-order valence-corrected chi connectivity index (χ1v) is 7.70. The fourth-order valence-electron chi connectivity index (χ4n) is 3.47. The smallest absolute Gasteiger partial charge is 0.240 e. The zero-order valence-electron chi connectivity index (χ0n) is 11.6. The van der Waals surface area contributed by atoms with E-state index < -0.39 is 0 Å². The van der Waals surface area contributed by atoms with Crippen molar-refractivity contribution in [3.05, 3.63) is 0 Å². The lowest BCUT2D eigenvalue weighted by Crippen LogP contribution is -2.53. The van der Waals surface area contributed by atoms with E-state index in [0.29, 0.717) is 12.0 Å². The van der Waals surface area contributed by atoms with Gasteiger partial charge in [0.15, 0.2) is 0 Å². The van der Waals surface area contributed by atoms with Crippen LogP contribution in [0.1, 0.15) is 25.7 Å². The van der Waals surface area contributed by atoms with E-state index in [4.69, 9.17) is 4.74 Å². The van der Waals surface area contributed by atoms with E-state index in [1.54, 1.807) is 0 Å². The molecular formula is C14H25N3O2. The molecular weight excluding hydrogens is 242 g/mol. The van der Waals surface area contributed by atoms with Gasteiger partial charge in [0.05, 0.1) is 12.1 Å². The van der Waals surface area contributed by atoms with Crippen molar-refractivity contribution in [2.45, 2.75) is 37.8 Å². The van der Waals surface area contributed by atoms with E-state index >= 15 is 0 Å². The Hall–Kier alpha value is -0.650. The summed E-state index contributed by atoms with van der Waals surface area (Å²) in [6.45, 7) is 6.50. The van der Waals surface area contributed by atoms with E-state index in [1.807, 2.05) is 4.90 Å². The van der Waals surface area contributed by atoms with Gasteiger partial charge in [-0.2, -0.15) is 0 Å². The number of amides is 1. The van der Waals surface area contributed by atoms with Crippen molar-refractivity contribution in [3.63, 3.8) is 0 Å². The number of ether oxygens (including phenoxy) is 1. The van der Waals surface area contributed by atoms with Crippen LogP contribution in [0.3, 0.4) is 0 Å². The molecule has 3 saturated heterocycles. The summed E-state index contributed by atoms with van der Waals surface area (Å²) in [7, 11) is 0. The summed E-state index contributed by atoms with van der Waals surface area (Å²) < 4.78 is 5.71. The molecule has 5 heteroatoms. The highest BCUT2D eigenvalue weighted by molar-refractivity contribution is 5.82. The normalized spacial score (nSPS) is 32.9. The lowest BCUT2D eigenvalue weighted by atomic mass is 10.1. The summed E-state index contributed by atoms with van der Waals surface area (Å²) in [4.78, 5) is 17.0. The highest BCUT2D eigenvalue weighted by Gasteiger charge is 2.35. The fraction of sp³-hybridized carbons (Fsp3) is 0.929. The van der Waals surface area contributed by atoms with Crippen LogP contribution in [0.2, 0.25) is 0 Å². The van der Waals surface area contributed by atoms with Gasteiger partial charge in [0.1, 0.15) is 0 Å². The first-order chi connectivity index (χ1) is 9.34. The molecule has 3 aliphatic rings. The summed E-state index contributed by atoms with van der Waals surface area (Å²) >= 11 is 0. The Morgan fingerprint density at radius 3 is 2.74 bits per heavy atom. The minimum atomic E-state index is 0.113. The molecule has 0 bridgehead atoms. The molecule has 5 nitrogen and oxygen atoms in total. The predicted octanol–water partition coefficient (Wildman–Crippen LogP) is 0.0616. The van der Waals surface area contributed by atoms with Crippen LogP contribution in [0.4, 0.5) is 0 Å². The summed E-state index contributed by atoms with van der Waals surface area (Å²) in [6.07, 6.45) is 4.86. The van der Waals surface area contributed by atoms with Crippen molar-refractivity contribution in [1.82, 2.24) is 15.1 Å². The molecule has 108 valence electrons. The molecule has 0 aromatic rings. The minimum absolute atomic E-state index is 0.113. The minimum Gasteiger partial charge on any atom is -0.377 e. The Kier molecular flexibility index (Phi) is 4.35. The summed E-state index contributed by atoms with van der Waals surface area (Å²) in [5.41, 5.74) is 0. The molecule has 0 spiro atoms. The van der Waals surface area contributed by atoms with Crippen molar-refractivity contribution in [1.29, 1.82) is 0 Å². The molecule has 2 atom stereocenters. The van der Waals surface area contributed by atoms with Crippen LogP contribution in [-0.2, 0) is 9.53 Å². The topological polar surface area (TPSA) is 44.8 Å². The molecule has 19 heavy (non-hydrogen) atoms.